The van der Waals surface area contributed by atoms with Crippen LogP contribution in [0.25, 0.3) is 5.65 Å². The first-order chi connectivity index (χ1) is 11.9. The number of fused-ring (bicyclic) bond motifs is 1. The SMILES string of the molecule is Cc1nc2ccc(N3CCCC(c4nc(C(F)(F)F)cs4)C3)nn2n1. The summed E-state index contributed by atoms with van der Waals surface area (Å²) in [5, 5.41) is 10.3. The molecule has 0 radical (unpaired) electrons. The smallest absolute Gasteiger partial charge is 0.354 e. The Balaban J connectivity index is 1.56. The number of alkyl halides is 3. The van der Waals surface area contributed by atoms with E-state index in [1.54, 1.807) is 6.92 Å². The van der Waals surface area contributed by atoms with Gasteiger partial charge < -0.3 is 4.90 Å². The van der Waals surface area contributed by atoms with Crippen molar-refractivity contribution in [3.05, 3.63) is 34.0 Å². The van der Waals surface area contributed by atoms with Crippen molar-refractivity contribution in [3.63, 3.8) is 0 Å². The third-order valence-corrected chi connectivity index (χ3v) is 5.21. The van der Waals surface area contributed by atoms with Gasteiger partial charge in [0, 0.05) is 24.4 Å². The van der Waals surface area contributed by atoms with Crippen LogP contribution in [0, 0.1) is 6.92 Å². The molecule has 0 aliphatic carbocycles. The predicted octanol–water partition coefficient (Wildman–Crippen LogP) is 3.29. The van der Waals surface area contributed by atoms with E-state index in [4.69, 9.17) is 0 Å². The molecule has 25 heavy (non-hydrogen) atoms. The first-order valence-corrected chi connectivity index (χ1v) is 8.76. The van der Waals surface area contributed by atoms with Gasteiger partial charge in [-0.1, -0.05) is 0 Å². The maximum atomic E-state index is 12.8. The van der Waals surface area contributed by atoms with Crippen molar-refractivity contribution in [3.8, 4) is 0 Å². The largest absolute Gasteiger partial charge is 0.434 e. The summed E-state index contributed by atoms with van der Waals surface area (Å²) in [7, 11) is 0. The molecule has 0 spiro atoms. The highest BCUT2D eigenvalue weighted by Gasteiger charge is 2.35. The lowest BCUT2D eigenvalue weighted by atomic mass is 9.99. The number of hydrogen-bond acceptors (Lipinski definition) is 6. The van der Waals surface area contributed by atoms with Crippen LogP contribution in [0.1, 0.15) is 35.3 Å². The third-order valence-electron chi connectivity index (χ3n) is 4.21. The second kappa shape index (κ2) is 5.94. The molecular formula is C15H15F3N6S. The number of piperidine rings is 1. The minimum atomic E-state index is -4.39. The van der Waals surface area contributed by atoms with Crippen LogP contribution in [0.15, 0.2) is 17.5 Å². The van der Waals surface area contributed by atoms with Crippen LogP contribution in [-0.2, 0) is 6.18 Å². The molecule has 4 rings (SSSR count). The van der Waals surface area contributed by atoms with Crippen LogP contribution < -0.4 is 4.90 Å². The normalized spacial score (nSPS) is 18.9. The number of thiazole rings is 1. The maximum Gasteiger partial charge on any atom is 0.434 e. The Morgan fingerprint density at radius 2 is 2.04 bits per heavy atom. The van der Waals surface area contributed by atoms with E-state index < -0.39 is 11.9 Å². The molecule has 0 bridgehead atoms. The lowest BCUT2D eigenvalue weighted by Gasteiger charge is -2.32. The van der Waals surface area contributed by atoms with Gasteiger partial charge in [0.25, 0.3) is 0 Å². The Kier molecular flexibility index (Phi) is 3.86. The lowest BCUT2D eigenvalue weighted by Crippen LogP contribution is -2.35. The number of aryl methyl sites for hydroxylation is 1. The standard InChI is InChI=1S/C15H15F3N6S/c1-9-19-12-4-5-13(22-24(12)21-9)23-6-2-3-10(7-23)14-20-11(8-25-14)15(16,17)18/h4-5,8,10H,2-3,6-7H2,1H3. The average Bonchev–Trinajstić information content (AvgIpc) is 3.19. The van der Waals surface area contributed by atoms with Crippen molar-refractivity contribution in [1.29, 1.82) is 0 Å². The molecule has 6 nitrogen and oxygen atoms in total. The molecule has 0 N–H and O–H groups in total. The molecule has 0 amide bonds. The fourth-order valence-electron chi connectivity index (χ4n) is 3.04. The molecule has 3 aromatic rings. The van der Waals surface area contributed by atoms with Crippen molar-refractivity contribution >= 4 is 22.8 Å². The molecule has 1 saturated heterocycles. The molecular weight excluding hydrogens is 353 g/mol. The minimum absolute atomic E-state index is 0.0233. The van der Waals surface area contributed by atoms with Crippen molar-refractivity contribution in [1.82, 2.24) is 24.8 Å². The van der Waals surface area contributed by atoms with E-state index in [1.165, 1.54) is 4.63 Å². The molecule has 0 saturated carbocycles. The number of halogens is 3. The molecule has 4 heterocycles. The molecule has 1 aliphatic rings. The van der Waals surface area contributed by atoms with Gasteiger partial charge in [0.15, 0.2) is 17.2 Å². The van der Waals surface area contributed by atoms with E-state index >= 15 is 0 Å². The summed E-state index contributed by atoms with van der Waals surface area (Å²) in [6.07, 6.45) is -2.69. The van der Waals surface area contributed by atoms with Crippen molar-refractivity contribution < 1.29 is 13.2 Å². The zero-order valence-electron chi connectivity index (χ0n) is 13.4. The molecule has 0 aromatic carbocycles. The maximum absolute atomic E-state index is 12.8. The minimum Gasteiger partial charge on any atom is -0.354 e. The highest BCUT2D eigenvalue weighted by Crippen LogP contribution is 2.35. The highest BCUT2D eigenvalue weighted by molar-refractivity contribution is 7.09. The van der Waals surface area contributed by atoms with Gasteiger partial charge in [0.2, 0.25) is 0 Å². The zero-order valence-corrected chi connectivity index (χ0v) is 14.2. The molecule has 1 unspecified atom stereocenters. The third kappa shape index (κ3) is 3.17. The number of hydrogen-bond donors (Lipinski definition) is 0. The lowest BCUT2D eigenvalue weighted by molar-refractivity contribution is -0.140. The van der Waals surface area contributed by atoms with Gasteiger partial charge in [0.05, 0.1) is 5.01 Å². The molecule has 1 aliphatic heterocycles. The molecule has 132 valence electrons. The second-order valence-corrected chi connectivity index (χ2v) is 6.94. The second-order valence-electron chi connectivity index (χ2n) is 6.05. The summed E-state index contributed by atoms with van der Waals surface area (Å²) in [6.45, 7) is 3.20. The van der Waals surface area contributed by atoms with Crippen molar-refractivity contribution in [2.45, 2.75) is 31.9 Å². The first kappa shape index (κ1) is 16.2. The number of rotatable bonds is 2. The van der Waals surface area contributed by atoms with Gasteiger partial charge in [-0.2, -0.15) is 13.2 Å². The van der Waals surface area contributed by atoms with Gasteiger partial charge in [-0.15, -0.1) is 26.2 Å². The molecule has 10 heteroatoms. The van der Waals surface area contributed by atoms with Crippen LogP contribution in [0.3, 0.4) is 0 Å². The van der Waals surface area contributed by atoms with Gasteiger partial charge in [0.1, 0.15) is 5.82 Å². The summed E-state index contributed by atoms with van der Waals surface area (Å²) in [4.78, 5) is 10.1. The number of nitrogens with zero attached hydrogens (tertiary/aromatic N) is 6. The topological polar surface area (TPSA) is 59.2 Å². The molecule has 1 atom stereocenters. The van der Waals surface area contributed by atoms with Crippen LogP contribution in [0.5, 0.6) is 0 Å². The Labute approximate surface area is 145 Å². The van der Waals surface area contributed by atoms with Crippen LogP contribution in [0.4, 0.5) is 19.0 Å². The highest BCUT2D eigenvalue weighted by atomic mass is 32.1. The van der Waals surface area contributed by atoms with Crippen molar-refractivity contribution in [2.75, 3.05) is 18.0 Å². The number of aromatic nitrogens is 5. The average molecular weight is 368 g/mol. The molecule has 1 fully saturated rings. The van der Waals surface area contributed by atoms with Gasteiger partial charge >= 0.3 is 6.18 Å². The fraction of sp³-hybridized carbons (Fsp3) is 0.467. The molecule has 3 aromatic heterocycles. The summed E-state index contributed by atoms with van der Waals surface area (Å²) in [5.41, 5.74) is -0.133. The summed E-state index contributed by atoms with van der Waals surface area (Å²) in [5.74, 6) is 1.36. The van der Waals surface area contributed by atoms with Crippen molar-refractivity contribution in [2.24, 2.45) is 0 Å². The van der Waals surface area contributed by atoms with Gasteiger partial charge in [-0.3, -0.25) is 0 Å². The van der Waals surface area contributed by atoms with E-state index in [2.05, 4.69) is 25.1 Å². The zero-order chi connectivity index (χ0) is 17.6. The summed E-state index contributed by atoms with van der Waals surface area (Å²) < 4.78 is 39.8. The van der Waals surface area contributed by atoms with E-state index in [0.717, 1.165) is 41.9 Å². The van der Waals surface area contributed by atoms with E-state index in [9.17, 15) is 13.2 Å². The Morgan fingerprint density at radius 3 is 2.80 bits per heavy atom. The Hall–Kier alpha value is -2.23. The first-order valence-electron chi connectivity index (χ1n) is 7.88. The summed E-state index contributed by atoms with van der Waals surface area (Å²) in [6, 6.07) is 3.71. The van der Waals surface area contributed by atoms with Crippen LogP contribution in [0.2, 0.25) is 0 Å². The summed E-state index contributed by atoms with van der Waals surface area (Å²) >= 11 is 1.08. The van der Waals surface area contributed by atoms with E-state index in [-0.39, 0.29) is 5.92 Å². The van der Waals surface area contributed by atoms with Crippen LogP contribution in [-0.4, -0.2) is 37.9 Å². The van der Waals surface area contributed by atoms with E-state index in [0.29, 0.717) is 23.0 Å². The monoisotopic (exact) mass is 368 g/mol. The van der Waals surface area contributed by atoms with Gasteiger partial charge in [-0.05, 0) is 31.9 Å². The predicted molar refractivity (Wildman–Crippen MR) is 86.8 cm³/mol. The van der Waals surface area contributed by atoms with E-state index in [1.807, 2.05) is 12.1 Å². The number of anilines is 1. The Morgan fingerprint density at radius 1 is 1.20 bits per heavy atom. The van der Waals surface area contributed by atoms with Crippen LogP contribution >= 0.6 is 11.3 Å². The fourth-order valence-corrected chi connectivity index (χ4v) is 3.99. The van der Waals surface area contributed by atoms with Gasteiger partial charge in [-0.25, -0.2) is 9.97 Å². The quantitative estimate of drug-likeness (QED) is 0.695. The Bertz CT molecular complexity index is 902.